The maximum atomic E-state index is 15.1. The van der Waals surface area contributed by atoms with E-state index in [9.17, 15) is 41.1 Å². The van der Waals surface area contributed by atoms with Crippen LogP contribution in [0.5, 0.6) is 5.75 Å². The third kappa shape index (κ3) is 8.76. The number of fused-ring (bicyclic) bond motifs is 2. The molecule has 3 aromatic rings. The zero-order valence-corrected chi connectivity index (χ0v) is 36.5. The quantitative estimate of drug-likeness (QED) is 0.207. The van der Waals surface area contributed by atoms with Gasteiger partial charge in [-0.15, -0.1) is 11.3 Å². The van der Waals surface area contributed by atoms with Crippen molar-refractivity contribution < 1.29 is 50.6 Å². The molecule has 4 amide bonds. The Morgan fingerprint density at radius 1 is 1.11 bits per heavy atom. The Morgan fingerprint density at radius 3 is 2.47 bits per heavy atom. The molecule has 1 saturated heterocycles. The molecule has 0 radical (unpaired) electrons. The Balaban J connectivity index is 1.30. The first-order valence-corrected chi connectivity index (χ1v) is 22.9. The fourth-order valence-corrected chi connectivity index (χ4v) is 10.4. The molecule has 20 heteroatoms. The molecule has 7 rings (SSSR count). The molecule has 2 saturated carbocycles. The van der Waals surface area contributed by atoms with Crippen molar-refractivity contribution in [1.29, 1.82) is 0 Å². The summed E-state index contributed by atoms with van der Waals surface area (Å²) in [5.41, 5.74) is -3.22. The van der Waals surface area contributed by atoms with Crippen molar-refractivity contribution in [3.63, 3.8) is 0 Å². The number of carbonyl (C=O) groups is 4. The maximum Gasteiger partial charge on any atom is 0.411 e. The number of hydrogen-bond donors (Lipinski definition) is 3. The van der Waals surface area contributed by atoms with Crippen molar-refractivity contribution in [3.8, 4) is 27.7 Å². The number of pyridine rings is 2. The molecule has 7 atom stereocenters. The number of alkyl halides is 3. The number of ether oxygens (including phenoxy) is 1. The Labute approximate surface area is 361 Å². The van der Waals surface area contributed by atoms with Gasteiger partial charge < -0.3 is 20.1 Å². The predicted octanol–water partition coefficient (Wildman–Crippen LogP) is 6.19. The molecule has 0 bridgehead atoms. The summed E-state index contributed by atoms with van der Waals surface area (Å²) < 4.78 is 78.4. The monoisotopic (exact) mass is 901 g/mol. The van der Waals surface area contributed by atoms with Crippen molar-refractivity contribution in [2.45, 2.75) is 120 Å². The molecule has 4 aliphatic rings. The highest BCUT2D eigenvalue weighted by atomic mass is 32.2. The minimum atomic E-state index is -5.10. The van der Waals surface area contributed by atoms with E-state index in [4.69, 9.17) is 9.72 Å². The smallest absolute Gasteiger partial charge is 0.411 e. The molecule has 3 fully saturated rings. The van der Waals surface area contributed by atoms with E-state index >= 15 is 4.79 Å². The highest BCUT2D eigenvalue weighted by Gasteiger charge is 2.64. The van der Waals surface area contributed by atoms with Crippen LogP contribution < -0.4 is 14.8 Å². The first kappa shape index (κ1) is 44.9. The minimum absolute atomic E-state index is 0.0450. The topological polar surface area (TPSA) is 201 Å². The van der Waals surface area contributed by atoms with E-state index in [1.54, 1.807) is 54.3 Å². The van der Waals surface area contributed by atoms with Crippen molar-refractivity contribution in [2.75, 3.05) is 6.54 Å². The minimum Gasteiger partial charge on any atom is -0.488 e. The molecule has 2 aliphatic carbocycles. The molecule has 0 aromatic carbocycles. The Kier molecular flexibility index (Phi) is 12.0. The summed E-state index contributed by atoms with van der Waals surface area (Å²) in [5.74, 6) is -4.39. The van der Waals surface area contributed by atoms with E-state index in [1.807, 2.05) is 13.0 Å². The van der Waals surface area contributed by atoms with Crippen LogP contribution in [0.1, 0.15) is 79.6 Å². The van der Waals surface area contributed by atoms with Gasteiger partial charge in [-0.2, -0.15) is 13.2 Å². The van der Waals surface area contributed by atoms with Gasteiger partial charge >= 0.3 is 12.3 Å². The van der Waals surface area contributed by atoms with Crippen LogP contribution in [0.3, 0.4) is 0 Å². The van der Waals surface area contributed by atoms with Crippen molar-refractivity contribution in [3.05, 3.63) is 60.4 Å². The van der Waals surface area contributed by atoms with E-state index in [0.717, 1.165) is 4.90 Å². The van der Waals surface area contributed by atoms with Crippen LogP contribution in [0, 0.1) is 17.8 Å². The largest absolute Gasteiger partial charge is 0.488 e. The second kappa shape index (κ2) is 16.5. The molecule has 0 unspecified atom stereocenters. The van der Waals surface area contributed by atoms with Crippen LogP contribution in [0.25, 0.3) is 22.0 Å². The molecule has 3 aromatic heterocycles. The number of halogens is 3. The number of carbonyl (C=O) groups excluding carboxylic acids is 3. The lowest BCUT2D eigenvalue weighted by atomic mass is 9.85. The van der Waals surface area contributed by atoms with Gasteiger partial charge in [0, 0.05) is 54.0 Å². The molecular formula is C42H50F3N7O8S2. The van der Waals surface area contributed by atoms with Crippen LogP contribution in [0.15, 0.2) is 60.4 Å². The van der Waals surface area contributed by atoms with E-state index in [0.29, 0.717) is 61.5 Å². The fourth-order valence-electron chi connectivity index (χ4n) is 8.47. The first-order valence-electron chi connectivity index (χ1n) is 20.5. The zero-order chi connectivity index (χ0) is 45.0. The van der Waals surface area contributed by atoms with Gasteiger partial charge in [0.15, 0.2) is 0 Å². The van der Waals surface area contributed by atoms with Gasteiger partial charge in [-0.3, -0.25) is 29.0 Å². The number of carboxylic acid groups (broad SMARTS) is 1. The maximum absolute atomic E-state index is 15.1. The third-order valence-electron chi connectivity index (χ3n) is 12.7. The summed E-state index contributed by atoms with van der Waals surface area (Å²) in [6.45, 7) is 5.93. The number of nitrogens with one attached hydrogen (secondary N) is 2. The summed E-state index contributed by atoms with van der Waals surface area (Å²) in [4.78, 5) is 71.4. The summed E-state index contributed by atoms with van der Waals surface area (Å²) in [6, 6.07) is 3.39. The third-order valence-corrected chi connectivity index (χ3v) is 15.7. The SMILES string of the molecule is C[C@@H]1CC/C=C\[C@@H]2C[C@@]2(C(=O)NS(=O)(=O)C2(C)CC2)NC(=O)[C@@H]2C[C@@H](Oc3cc(-c4cccnc4)nc(-c4nccs4)c3)CN2C(=O)[C@@H](N(C(=O)O)C(C)(C)C(F)(F)F)[C@H](C)C1. The Bertz CT molecular complexity index is 2340. The number of hydrogen-bond acceptors (Lipinski definition) is 11. The number of thiazole rings is 1. The average Bonchev–Trinajstić information content (AvgIpc) is 3.95. The summed E-state index contributed by atoms with van der Waals surface area (Å²) in [7, 11) is -4.13. The molecule has 62 heavy (non-hydrogen) atoms. The standard InChI is InChI=1S/C42H50F3N7O8S2/c1-24-9-6-7-11-27-21-41(27,37(55)50-62(58,59)40(5)12-13-40)49-34(53)32-20-29(23-51(32)36(54)33(25(2)17-24)52(38(56)57)39(3,4)42(43,44)45)60-28-18-30(26-10-8-14-46-22-26)48-31(19-28)35-47-15-16-61-35/h7-8,10-11,14-16,18-19,22,24-25,27,29,32-33H,6,9,12-13,17,20-21,23H2,1-5H3,(H,49,53)(H,50,55)(H,56,57)/b11-7-/t24-,25-,27-,29-,32+,33+,41-/m1/s1. The first-order chi connectivity index (χ1) is 29.1. The van der Waals surface area contributed by atoms with Crippen molar-refractivity contribution in [1.82, 2.24) is 34.8 Å². The molecule has 2 aliphatic heterocycles. The van der Waals surface area contributed by atoms with E-state index in [-0.39, 0.29) is 42.4 Å². The van der Waals surface area contributed by atoms with Gasteiger partial charge in [0.2, 0.25) is 21.8 Å². The fraction of sp³-hybridized carbons (Fsp3) is 0.548. The molecule has 15 nitrogen and oxygen atoms in total. The number of rotatable bonds is 9. The number of nitrogens with zero attached hydrogens (tertiary/aromatic N) is 5. The number of amides is 4. The van der Waals surface area contributed by atoms with Crippen LogP contribution >= 0.6 is 11.3 Å². The van der Waals surface area contributed by atoms with Gasteiger partial charge in [0.05, 0.1) is 17.0 Å². The van der Waals surface area contributed by atoms with Crippen molar-refractivity contribution in [2.24, 2.45) is 17.8 Å². The molecule has 334 valence electrons. The lowest BCUT2D eigenvalue weighted by molar-refractivity contribution is -0.222. The summed E-state index contributed by atoms with van der Waals surface area (Å²) in [5, 5.41) is 15.6. The second-order valence-corrected chi connectivity index (χ2v) is 20.9. The van der Waals surface area contributed by atoms with E-state index < -0.39 is 85.9 Å². The number of allylic oxidation sites excluding steroid dienone is 1. The van der Waals surface area contributed by atoms with Crippen LogP contribution in [0.2, 0.25) is 0 Å². The lowest BCUT2D eigenvalue weighted by Crippen LogP contribution is -2.66. The molecule has 3 N–H and O–H groups in total. The van der Waals surface area contributed by atoms with Gasteiger partial charge in [0.1, 0.15) is 45.7 Å². The molecular weight excluding hydrogens is 852 g/mol. The highest BCUT2D eigenvalue weighted by molar-refractivity contribution is 7.91. The van der Waals surface area contributed by atoms with E-state index in [2.05, 4.69) is 20.0 Å². The van der Waals surface area contributed by atoms with Crippen LogP contribution in [-0.4, -0.2) is 109 Å². The van der Waals surface area contributed by atoms with Crippen molar-refractivity contribution >= 4 is 45.2 Å². The van der Waals surface area contributed by atoms with Gasteiger partial charge in [0.25, 0.3) is 5.91 Å². The Hall–Kier alpha value is -5.11. The number of aromatic nitrogens is 3. The highest BCUT2D eigenvalue weighted by Crippen LogP contribution is 2.48. The molecule has 0 spiro atoms. The van der Waals surface area contributed by atoms with Gasteiger partial charge in [-0.1, -0.05) is 26.0 Å². The van der Waals surface area contributed by atoms with Gasteiger partial charge in [-0.05, 0) is 83.3 Å². The lowest BCUT2D eigenvalue weighted by Gasteiger charge is -2.45. The predicted molar refractivity (Wildman–Crippen MR) is 222 cm³/mol. The number of sulfonamides is 1. The Morgan fingerprint density at radius 2 is 1.84 bits per heavy atom. The van der Waals surface area contributed by atoms with Crippen LogP contribution in [0.4, 0.5) is 18.0 Å². The van der Waals surface area contributed by atoms with Crippen LogP contribution in [-0.2, 0) is 24.4 Å². The van der Waals surface area contributed by atoms with Gasteiger partial charge in [-0.25, -0.2) is 23.2 Å². The average molecular weight is 902 g/mol. The van der Waals surface area contributed by atoms with E-state index in [1.165, 1.54) is 25.2 Å². The molecule has 5 heterocycles. The second-order valence-electron chi connectivity index (χ2n) is 17.8. The normalized spacial score (nSPS) is 28.3. The summed E-state index contributed by atoms with van der Waals surface area (Å²) in [6.07, 6.45) is 1.94. The summed E-state index contributed by atoms with van der Waals surface area (Å²) >= 11 is 1.33. The zero-order valence-electron chi connectivity index (χ0n) is 34.9.